The predicted octanol–water partition coefficient (Wildman–Crippen LogP) is 7.82. The second-order valence-electron chi connectivity index (χ2n) is 14.9. The summed E-state index contributed by atoms with van der Waals surface area (Å²) in [6, 6.07) is 19.6. The lowest BCUT2D eigenvalue weighted by Gasteiger charge is -2.32. The topological polar surface area (TPSA) is 64.8 Å². The van der Waals surface area contributed by atoms with Crippen LogP contribution in [0.15, 0.2) is 54.6 Å². The van der Waals surface area contributed by atoms with Crippen molar-refractivity contribution in [2.75, 3.05) is 33.3 Å². The van der Waals surface area contributed by atoms with Crippen LogP contribution in [0.25, 0.3) is 32.8 Å². The van der Waals surface area contributed by atoms with Gasteiger partial charge in [0.05, 0.1) is 22.8 Å². The van der Waals surface area contributed by atoms with Gasteiger partial charge in [-0.2, -0.15) is 5.10 Å². The van der Waals surface area contributed by atoms with Gasteiger partial charge in [0.1, 0.15) is 17.0 Å². The maximum Gasteiger partial charge on any atom is 0.355 e. The Balaban J connectivity index is 1.32. The third-order valence-corrected chi connectivity index (χ3v) is 10.8. The lowest BCUT2D eigenvalue weighted by Crippen LogP contribution is -2.45. The zero-order chi connectivity index (χ0) is 34.6. The highest BCUT2D eigenvalue weighted by atomic mass is 35.5. The van der Waals surface area contributed by atoms with E-state index in [1.54, 1.807) is 0 Å². The first-order valence-corrected chi connectivity index (χ1v) is 17.9. The maximum atomic E-state index is 14.4. The van der Waals surface area contributed by atoms with Gasteiger partial charge in [-0.15, -0.1) is 0 Å². The van der Waals surface area contributed by atoms with Crippen molar-refractivity contribution in [2.45, 2.75) is 78.1 Å². The number of benzene rings is 3. The van der Waals surface area contributed by atoms with Gasteiger partial charge >= 0.3 is 5.97 Å². The van der Waals surface area contributed by atoms with E-state index in [9.17, 15) is 4.79 Å². The number of esters is 1. The number of aromatic nitrogens is 3. The van der Waals surface area contributed by atoms with E-state index in [4.69, 9.17) is 26.2 Å². The largest absolute Gasteiger partial charge is 0.493 e. The Hall–Kier alpha value is -3.85. The van der Waals surface area contributed by atoms with Crippen LogP contribution in [-0.2, 0) is 24.8 Å². The summed E-state index contributed by atoms with van der Waals surface area (Å²) in [7, 11) is 4.19. The molecule has 0 saturated carbocycles. The first-order valence-electron chi connectivity index (χ1n) is 17.5. The molecule has 7 rings (SSSR count). The molecule has 0 aliphatic carbocycles. The molecule has 8 nitrogen and oxygen atoms in total. The van der Waals surface area contributed by atoms with Crippen LogP contribution in [0, 0.1) is 13.8 Å². The van der Waals surface area contributed by atoms with Crippen molar-refractivity contribution in [3.05, 3.63) is 82.3 Å². The summed E-state index contributed by atoms with van der Waals surface area (Å²) in [6.45, 7) is 14.0. The third kappa shape index (κ3) is 6.35. The minimum atomic E-state index is -0.650. The molecule has 258 valence electrons. The van der Waals surface area contributed by atoms with Crippen LogP contribution in [0.1, 0.15) is 61.1 Å². The highest BCUT2D eigenvalue weighted by Crippen LogP contribution is 2.43. The molecule has 3 aromatic carbocycles. The second kappa shape index (κ2) is 13.1. The molecule has 0 amide bonds. The smallest absolute Gasteiger partial charge is 0.355 e. The number of rotatable bonds is 10. The number of hydrogen-bond donors (Lipinski definition) is 0. The number of aryl methyl sites for hydroxylation is 3. The van der Waals surface area contributed by atoms with E-state index in [1.165, 1.54) is 6.42 Å². The van der Waals surface area contributed by atoms with Crippen molar-refractivity contribution in [2.24, 2.45) is 7.05 Å². The number of likely N-dealkylation sites (tertiary alicyclic amines) is 2. The van der Waals surface area contributed by atoms with Gasteiger partial charge in [-0.25, -0.2) is 4.79 Å². The van der Waals surface area contributed by atoms with E-state index < -0.39 is 5.60 Å². The molecule has 2 aliphatic heterocycles. The van der Waals surface area contributed by atoms with E-state index >= 15 is 0 Å². The molecule has 0 radical (unpaired) electrons. The molecular weight excluding hydrogens is 634 g/mol. The summed E-state index contributed by atoms with van der Waals surface area (Å²) in [4.78, 5) is 19.4. The van der Waals surface area contributed by atoms with Crippen LogP contribution in [0.3, 0.4) is 0 Å². The number of nitrogens with zero attached hydrogens (tertiary/aromatic N) is 5. The Morgan fingerprint density at radius 3 is 2.41 bits per heavy atom. The number of ether oxygens (including phenoxy) is 2. The van der Waals surface area contributed by atoms with Gasteiger partial charge in [0.2, 0.25) is 0 Å². The van der Waals surface area contributed by atoms with Gasteiger partial charge in [-0.1, -0.05) is 54.1 Å². The van der Waals surface area contributed by atoms with E-state index in [0.29, 0.717) is 42.4 Å². The first-order chi connectivity index (χ1) is 23.4. The number of likely N-dealkylation sites (N-methyl/N-ethyl adjacent to an activating group) is 1. The lowest BCUT2D eigenvalue weighted by atomic mass is 9.98. The van der Waals surface area contributed by atoms with Gasteiger partial charge in [0.15, 0.2) is 0 Å². The number of hydrogen-bond acceptors (Lipinski definition) is 6. The molecular formula is C40H48ClN5O3. The lowest BCUT2D eigenvalue weighted by molar-refractivity contribution is 0.00559. The fraction of sp³-hybridized carbons (Fsp3) is 0.450. The van der Waals surface area contributed by atoms with Gasteiger partial charge < -0.3 is 18.9 Å². The minimum Gasteiger partial charge on any atom is -0.493 e. The zero-order valence-corrected chi connectivity index (χ0v) is 30.6. The molecule has 2 saturated heterocycles. The van der Waals surface area contributed by atoms with Gasteiger partial charge in [-0.05, 0) is 84.0 Å². The predicted molar refractivity (Wildman–Crippen MR) is 198 cm³/mol. The molecule has 2 bridgehead atoms. The summed E-state index contributed by atoms with van der Waals surface area (Å²) < 4.78 is 16.7. The number of halogens is 1. The van der Waals surface area contributed by atoms with E-state index in [0.717, 1.165) is 81.6 Å². The van der Waals surface area contributed by atoms with Crippen LogP contribution in [0.2, 0.25) is 5.02 Å². The Labute approximate surface area is 294 Å². The molecule has 2 aromatic heterocycles. The average molecular weight is 682 g/mol. The maximum absolute atomic E-state index is 14.4. The standard InChI is InChI=1S/C40H48ClN5O3/c1-25-35(26(2)44(7)42-25)36-33(41)18-17-32-31(15-11-21-48-34-16-10-13-27-12-8-9-14-30(27)34)38(39(47)49-40(3,4)5)46(37(32)36)20-19-45-24-28-22-29(45)23-43(28)6/h8-10,12-14,16-18,28-29H,11,15,19-24H2,1-7H3. The van der Waals surface area contributed by atoms with Crippen molar-refractivity contribution < 1.29 is 14.3 Å². The Morgan fingerprint density at radius 1 is 0.939 bits per heavy atom. The highest BCUT2D eigenvalue weighted by molar-refractivity contribution is 6.35. The molecule has 0 spiro atoms. The molecule has 2 atom stereocenters. The fourth-order valence-electron chi connectivity index (χ4n) is 8.11. The molecule has 2 fully saturated rings. The summed E-state index contributed by atoms with van der Waals surface area (Å²) in [5.74, 6) is 0.563. The van der Waals surface area contributed by atoms with Crippen LogP contribution >= 0.6 is 11.6 Å². The van der Waals surface area contributed by atoms with Crippen molar-refractivity contribution in [3.63, 3.8) is 0 Å². The third-order valence-electron chi connectivity index (χ3n) is 10.4. The Kier molecular flexibility index (Phi) is 9.01. The van der Waals surface area contributed by atoms with Crippen LogP contribution in [-0.4, -0.2) is 81.1 Å². The Bertz CT molecular complexity index is 2030. The number of fused-ring (bicyclic) bond motifs is 4. The van der Waals surface area contributed by atoms with Crippen molar-refractivity contribution >= 4 is 39.2 Å². The van der Waals surface area contributed by atoms with Crippen LogP contribution < -0.4 is 4.74 Å². The van der Waals surface area contributed by atoms with Gasteiger partial charge in [0.25, 0.3) is 0 Å². The highest BCUT2D eigenvalue weighted by Gasteiger charge is 2.41. The number of piperazine rings is 1. The molecule has 4 heterocycles. The number of carbonyl (C=O) groups excluding carboxylic acids is 1. The van der Waals surface area contributed by atoms with Crippen molar-refractivity contribution in [3.8, 4) is 16.9 Å². The van der Waals surface area contributed by atoms with Crippen molar-refractivity contribution in [1.82, 2.24) is 24.1 Å². The zero-order valence-electron chi connectivity index (χ0n) is 29.8. The van der Waals surface area contributed by atoms with Crippen molar-refractivity contribution in [1.29, 1.82) is 0 Å². The molecule has 0 N–H and O–H groups in total. The molecule has 2 aliphatic rings. The Morgan fingerprint density at radius 2 is 1.71 bits per heavy atom. The minimum absolute atomic E-state index is 0.307. The summed E-state index contributed by atoms with van der Waals surface area (Å²) in [5.41, 5.74) is 5.79. The number of carbonyl (C=O) groups is 1. The fourth-order valence-corrected chi connectivity index (χ4v) is 8.35. The first kappa shape index (κ1) is 33.6. The summed E-state index contributed by atoms with van der Waals surface area (Å²) >= 11 is 7.15. The van der Waals surface area contributed by atoms with E-state index in [2.05, 4.69) is 52.6 Å². The normalized spacial score (nSPS) is 18.3. The molecule has 2 unspecified atom stereocenters. The monoisotopic (exact) mass is 681 g/mol. The van der Waals surface area contributed by atoms with E-state index in [1.807, 2.05) is 69.8 Å². The van der Waals surface area contributed by atoms with Crippen LogP contribution in [0.5, 0.6) is 5.75 Å². The quantitative estimate of drug-likeness (QED) is 0.111. The summed E-state index contributed by atoms with van der Waals surface area (Å²) in [6.07, 6.45) is 2.58. The SMILES string of the molecule is Cc1nn(C)c(C)c1-c1c(Cl)ccc2c(CCCOc3cccc4ccccc34)c(C(=O)OC(C)(C)C)n(CCN3CC4CC3CN4C)c12. The van der Waals surface area contributed by atoms with Gasteiger partial charge in [0, 0.05) is 72.9 Å². The molecule has 49 heavy (non-hydrogen) atoms. The summed E-state index contributed by atoms with van der Waals surface area (Å²) in [5, 5.41) is 8.68. The van der Waals surface area contributed by atoms with E-state index in [-0.39, 0.29) is 5.97 Å². The average Bonchev–Trinajstić information content (AvgIpc) is 3.78. The van der Waals surface area contributed by atoms with Gasteiger partial charge in [-0.3, -0.25) is 9.58 Å². The van der Waals surface area contributed by atoms with Crippen LogP contribution in [0.4, 0.5) is 0 Å². The molecule has 5 aromatic rings. The second-order valence-corrected chi connectivity index (χ2v) is 15.3. The molecule has 9 heteroatoms.